The predicted molar refractivity (Wildman–Crippen MR) is 55.9 cm³/mol. The molecule has 1 fully saturated rings. The van der Waals surface area contributed by atoms with Crippen LogP contribution in [0.3, 0.4) is 0 Å². The van der Waals surface area contributed by atoms with E-state index in [9.17, 15) is 4.39 Å². The number of ether oxygens (including phenoxy) is 1. The van der Waals surface area contributed by atoms with Crippen molar-refractivity contribution in [3.8, 4) is 0 Å². The normalized spacial score (nSPS) is 31.3. The van der Waals surface area contributed by atoms with Crippen molar-refractivity contribution in [2.24, 2.45) is 5.92 Å². The Balaban J connectivity index is 2.35. The van der Waals surface area contributed by atoms with E-state index in [-0.39, 0.29) is 6.10 Å². The molecule has 0 spiro atoms. The number of nitrogens with zero attached hydrogens (tertiary/aromatic N) is 1. The summed E-state index contributed by atoms with van der Waals surface area (Å²) in [6.07, 6.45) is 1.11. The van der Waals surface area contributed by atoms with Gasteiger partial charge in [0.25, 0.3) is 0 Å². The van der Waals surface area contributed by atoms with Gasteiger partial charge in [0.2, 0.25) is 0 Å². The maximum absolute atomic E-state index is 12.6. The first-order valence-electron chi connectivity index (χ1n) is 5.48. The van der Waals surface area contributed by atoms with Gasteiger partial charge in [-0.3, -0.25) is 0 Å². The zero-order chi connectivity index (χ0) is 10.7. The van der Waals surface area contributed by atoms with Gasteiger partial charge in [0.15, 0.2) is 6.36 Å². The Morgan fingerprint density at radius 1 is 1.43 bits per heavy atom. The quantitative estimate of drug-likeness (QED) is 0.696. The van der Waals surface area contributed by atoms with Crippen molar-refractivity contribution in [3.63, 3.8) is 0 Å². The smallest absolute Gasteiger partial charge is 0.196 e. The molecular weight excluding hydrogens is 181 g/mol. The fraction of sp³-hybridized carbons (Fsp3) is 1.00. The lowest BCUT2D eigenvalue weighted by Gasteiger charge is -2.20. The zero-order valence-corrected chi connectivity index (χ0v) is 9.66. The van der Waals surface area contributed by atoms with E-state index in [0.29, 0.717) is 12.0 Å². The van der Waals surface area contributed by atoms with Crippen LogP contribution in [0.2, 0.25) is 0 Å². The molecule has 3 unspecified atom stereocenters. The van der Waals surface area contributed by atoms with Crippen LogP contribution in [0.4, 0.5) is 4.39 Å². The number of likely N-dealkylation sites (tertiary alicyclic amines) is 1. The summed E-state index contributed by atoms with van der Waals surface area (Å²) in [5.41, 5.74) is 0. The van der Waals surface area contributed by atoms with Gasteiger partial charge >= 0.3 is 0 Å². The average molecular weight is 203 g/mol. The minimum atomic E-state index is -1.13. The van der Waals surface area contributed by atoms with Gasteiger partial charge in [-0.05, 0) is 32.7 Å². The summed E-state index contributed by atoms with van der Waals surface area (Å²) in [5, 5.41) is 0. The van der Waals surface area contributed by atoms with E-state index < -0.39 is 6.36 Å². The van der Waals surface area contributed by atoms with Crippen molar-refractivity contribution in [2.75, 3.05) is 13.6 Å². The standard InChI is InChI=1S/C11H22FNO/c1-8(2)5-10-6-11(7-13(10)4)14-9(3)12/h8-11H,5-7H2,1-4H3. The van der Waals surface area contributed by atoms with Crippen molar-refractivity contribution >= 4 is 0 Å². The highest BCUT2D eigenvalue weighted by molar-refractivity contribution is 4.84. The summed E-state index contributed by atoms with van der Waals surface area (Å²) in [6.45, 7) is 6.76. The summed E-state index contributed by atoms with van der Waals surface area (Å²) in [7, 11) is 2.10. The molecule has 3 heteroatoms. The molecule has 0 aromatic rings. The Hall–Kier alpha value is -0.150. The number of rotatable bonds is 4. The first-order valence-corrected chi connectivity index (χ1v) is 5.48. The first-order chi connectivity index (χ1) is 6.49. The maximum Gasteiger partial charge on any atom is 0.196 e. The molecule has 0 aliphatic carbocycles. The highest BCUT2D eigenvalue weighted by atomic mass is 19.1. The summed E-state index contributed by atoms with van der Waals surface area (Å²) >= 11 is 0. The molecule has 3 atom stereocenters. The fourth-order valence-corrected chi connectivity index (χ4v) is 2.21. The minimum Gasteiger partial charge on any atom is -0.344 e. The number of halogens is 1. The molecule has 0 aromatic carbocycles. The molecule has 1 aliphatic heterocycles. The number of hydrogen-bond acceptors (Lipinski definition) is 2. The second-order valence-electron chi connectivity index (χ2n) is 4.76. The lowest BCUT2D eigenvalue weighted by atomic mass is 10.0. The van der Waals surface area contributed by atoms with Gasteiger partial charge in [0.05, 0.1) is 6.10 Å². The van der Waals surface area contributed by atoms with E-state index in [1.807, 2.05) is 0 Å². The van der Waals surface area contributed by atoms with Gasteiger partial charge in [-0.1, -0.05) is 13.8 Å². The van der Waals surface area contributed by atoms with E-state index in [1.165, 1.54) is 13.3 Å². The third-order valence-electron chi connectivity index (χ3n) is 2.77. The van der Waals surface area contributed by atoms with E-state index >= 15 is 0 Å². The summed E-state index contributed by atoms with van der Waals surface area (Å²) in [4.78, 5) is 2.28. The second-order valence-corrected chi connectivity index (χ2v) is 4.76. The lowest BCUT2D eigenvalue weighted by Crippen LogP contribution is -2.26. The minimum absolute atomic E-state index is 0.0868. The lowest BCUT2D eigenvalue weighted by molar-refractivity contribution is -0.0681. The average Bonchev–Trinajstić information content (AvgIpc) is 2.28. The van der Waals surface area contributed by atoms with Gasteiger partial charge in [-0.25, -0.2) is 4.39 Å². The van der Waals surface area contributed by atoms with E-state index in [0.717, 1.165) is 13.0 Å². The Morgan fingerprint density at radius 3 is 2.57 bits per heavy atom. The first kappa shape index (κ1) is 11.9. The van der Waals surface area contributed by atoms with Gasteiger partial charge in [-0.2, -0.15) is 0 Å². The molecule has 0 amide bonds. The molecule has 84 valence electrons. The molecule has 0 bridgehead atoms. The van der Waals surface area contributed by atoms with E-state index in [4.69, 9.17) is 4.74 Å². The molecule has 2 nitrogen and oxygen atoms in total. The summed E-state index contributed by atoms with van der Waals surface area (Å²) in [5.74, 6) is 0.698. The van der Waals surface area contributed by atoms with Crippen LogP contribution in [-0.2, 0) is 4.74 Å². The van der Waals surface area contributed by atoms with Crippen LogP contribution in [0.15, 0.2) is 0 Å². The molecule has 0 aromatic heterocycles. The Bertz CT molecular complexity index is 173. The molecule has 1 heterocycles. The molecule has 1 rings (SSSR count). The highest BCUT2D eigenvalue weighted by Crippen LogP contribution is 2.24. The van der Waals surface area contributed by atoms with Crippen molar-refractivity contribution in [2.45, 2.75) is 52.1 Å². The van der Waals surface area contributed by atoms with Crippen molar-refractivity contribution in [1.29, 1.82) is 0 Å². The Labute approximate surface area is 86.4 Å². The van der Waals surface area contributed by atoms with E-state index in [2.05, 4.69) is 25.8 Å². The molecule has 0 N–H and O–H groups in total. The number of likely N-dealkylation sites (N-methyl/N-ethyl adjacent to an activating group) is 1. The zero-order valence-electron chi connectivity index (χ0n) is 9.66. The Kier molecular flexibility index (Phi) is 4.32. The number of alkyl halides is 1. The monoisotopic (exact) mass is 203 g/mol. The Morgan fingerprint density at radius 2 is 2.07 bits per heavy atom. The third kappa shape index (κ3) is 3.54. The van der Waals surface area contributed by atoms with Gasteiger partial charge in [0, 0.05) is 12.6 Å². The van der Waals surface area contributed by atoms with Gasteiger partial charge in [0.1, 0.15) is 0 Å². The fourth-order valence-electron chi connectivity index (χ4n) is 2.21. The van der Waals surface area contributed by atoms with Crippen molar-refractivity contribution in [1.82, 2.24) is 4.90 Å². The van der Waals surface area contributed by atoms with Crippen LogP contribution in [0.25, 0.3) is 0 Å². The molecule has 14 heavy (non-hydrogen) atoms. The van der Waals surface area contributed by atoms with Crippen LogP contribution in [0, 0.1) is 5.92 Å². The third-order valence-corrected chi connectivity index (χ3v) is 2.77. The topological polar surface area (TPSA) is 12.5 Å². The van der Waals surface area contributed by atoms with Crippen LogP contribution in [-0.4, -0.2) is 37.0 Å². The number of hydrogen-bond donors (Lipinski definition) is 0. The van der Waals surface area contributed by atoms with E-state index in [1.54, 1.807) is 0 Å². The van der Waals surface area contributed by atoms with Crippen LogP contribution >= 0.6 is 0 Å². The second kappa shape index (κ2) is 5.08. The highest BCUT2D eigenvalue weighted by Gasteiger charge is 2.31. The summed E-state index contributed by atoms with van der Waals surface area (Å²) < 4.78 is 17.8. The van der Waals surface area contributed by atoms with Crippen molar-refractivity contribution in [3.05, 3.63) is 0 Å². The van der Waals surface area contributed by atoms with Crippen molar-refractivity contribution < 1.29 is 9.13 Å². The molecule has 1 saturated heterocycles. The molecule has 0 saturated carbocycles. The van der Waals surface area contributed by atoms with Gasteiger partial charge < -0.3 is 9.64 Å². The SMILES string of the molecule is CC(C)CC1CC(OC(C)F)CN1C. The van der Waals surface area contributed by atoms with Crippen LogP contribution < -0.4 is 0 Å². The van der Waals surface area contributed by atoms with Crippen LogP contribution in [0.5, 0.6) is 0 Å². The van der Waals surface area contributed by atoms with Gasteiger partial charge in [-0.15, -0.1) is 0 Å². The largest absolute Gasteiger partial charge is 0.344 e. The molecule has 1 aliphatic rings. The van der Waals surface area contributed by atoms with Crippen LogP contribution in [0.1, 0.15) is 33.6 Å². The molecular formula is C11H22FNO. The molecule has 0 radical (unpaired) electrons. The maximum atomic E-state index is 12.6. The predicted octanol–water partition coefficient (Wildman–Crippen LogP) is 2.44. The summed E-state index contributed by atoms with van der Waals surface area (Å²) in [6, 6.07) is 0.568.